The molecule has 2 aromatic heterocycles. The van der Waals surface area contributed by atoms with Gasteiger partial charge in [0, 0.05) is 43.3 Å². The van der Waals surface area contributed by atoms with E-state index in [1.54, 1.807) is 14.0 Å². The predicted octanol–water partition coefficient (Wildman–Crippen LogP) is 3.13. The highest BCUT2D eigenvalue weighted by atomic mass is 32.2. The second kappa shape index (κ2) is 10.4. The van der Waals surface area contributed by atoms with Gasteiger partial charge in [-0.15, -0.1) is 10.2 Å². The SMILES string of the molecule is COCCn1[nH]cc2c3nnc(C(=O)NCCCCCCSC(C)=O)c3ccc21. The largest absolute Gasteiger partial charge is 0.383 e. The van der Waals surface area contributed by atoms with Crippen molar-refractivity contribution in [2.45, 2.75) is 39.2 Å². The summed E-state index contributed by atoms with van der Waals surface area (Å²) in [5.41, 5.74) is 2.09. The molecule has 0 saturated carbocycles. The quantitative estimate of drug-likeness (QED) is 0.465. The van der Waals surface area contributed by atoms with E-state index in [1.165, 1.54) is 11.8 Å². The zero-order chi connectivity index (χ0) is 20.6. The van der Waals surface area contributed by atoms with Crippen LogP contribution in [0.15, 0.2) is 18.3 Å². The summed E-state index contributed by atoms with van der Waals surface area (Å²) in [5.74, 6) is 0.678. The topological polar surface area (TPSA) is 102 Å². The van der Waals surface area contributed by atoms with Gasteiger partial charge in [-0.05, 0) is 25.0 Å². The first-order chi connectivity index (χ1) is 14.1. The Hall–Kier alpha value is -2.39. The molecule has 1 aromatic carbocycles. The molecule has 0 atom stereocenters. The van der Waals surface area contributed by atoms with Crippen molar-refractivity contribution in [3.63, 3.8) is 0 Å². The Morgan fingerprint density at radius 3 is 2.79 bits per heavy atom. The number of aromatic amines is 1. The molecule has 0 aliphatic heterocycles. The Morgan fingerprint density at radius 2 is 2.00 bits per heavy atom. The summed E-state index contributed by atoms with van der Waals surface area (Å²) < 4.78 is 7.12. The molecule has 0 aliphatic carbocycles. The van der Waals surface area contributed by atoms with Crippen LogP contribution in [0, 0.1) is 0 Å². The van der Waals surface area contributed by atoms with E-state index in [4.69, 9.17) is 4.74 Å². The van der Waals surface area contributed by atoms with Gasteiger partial charge in [-0.1, -0.05) is 24.6 Å². The molecule has 9 heteroatoms. The van der Waals surface area contributed by atoms with Crippen molar-refractivity contribution in [2.24, 2.45) is 0 Å². The third-order valence-electron chi connectivity index (χ3n) is 4.75. The maximum atomic E-state index is 12.5. The van der Waals surface area contributed by atoms with Gasteiger partial charge in [0.05, 0.1) is 18.7 Å². The first kappa shape index (κ1) is 21.3. The fourth-order valence-electron chi connectivity index (χ4n) is 3.26. The van der Waals surface area contributed by atoms with Crippen molar-refractivity contribution < 1.29 is 14.3 Å². The first-order valence-electron chi connectivity index (χ1n) is 9.85. The van der Waals surface area contributed by atoms with Crippen molar-refractivity contribution in [1.29, 1.82) is 0 Å². The lowest BCUT2D eigenvalue weighted by atomic mass is 10.1. The lowest BCUT2D eigenvalue weighted by Crippen LogP contribution is -2.25. The summed E-state index contributed by atoms with van der Waals surface area (Å²) in [5, 5.41) is 16.4. The lowest BCUT2D eigenvalue weighted by Gasteiger charge is -2.05. The molecule has 0 aliphatic rings. The van der Waals surface area contributed by atoms with Crippen LogP contribution in [-0.2, 0) is 16.1 Å². The van der Waals surface area contributed by atoms with E-state index in [2.05, 4.69) is 20.6 Å². The maximum Gasteiger partial charge on any atom is 0.272 e. The third kappa shape index (κ3) is 5.36. The Bertz CT molecular complexity index is 981. The molecule has 1 amide bonds. The molecule has 3 aromatic rings. The molecular formula is C20H27N5O3S. The number of thioether (sulfide) groups is 1. The van der Waals surface area contributed by atoms with Crippen molar-refractivity contribution in [3.05, 3.63) is 24.0 Å². The number of unbranched alkanes of at least 4 members (excludes halogenated alkanes) is 3. The third-order valence-corrected chi connectivity index (χ3v) is 5.65. The van der Waals surface area contributed by atoms with Gasteiger partial charge in [-0.25, -0.2) is 0 Å². The molecule has 2 heterocycles. The Morgan fingerprint density at radius 1 is 1.17 bits per heavy atom. The standard InChI is InChI=1S/C20H27N5O3S/c1-14(26)29-12-6-4-3-5-9-21-20(27)19-15-7-8-17-16(18(15)23-24-19)13-22-25(17)10-11-28-2/h7-8,13,22H,3-6,9-12H2,1-2H3,(H,21,27). The van der Waals surface area contributed by atoms with Crippen LogP contribution >= 0.6 is 11.8 Å². The number of nitrogens with zero attached hydrogens (tertiary/aromatic N) is 3. The van der Waals surface area contributed by atoms with E-state index < -0.39 is 0 Å². The molecular weight excluding hydrogens is 390 g/mol. The number of benzene rings is 1. The Balaban J connectivity index is 1.54. The van der Waals surface area contributed by atoms with Crippen LogP contribution in [0.3, 0.4) is 0 Å². The summed E-state index contributed by atoms with van der Waals surface area (Å²) >= 11 is 1.37. The summed E-state index contributed by atoms with van der Waals surface area (Å²) in [6.07, 6.45) is 5.90. The minimum atomic E-state index is -0.193. The van der Waals surface area contributed by atoms with Crippen LogP contribution in [0.1, 0.15) is 43.1 Å². The minimum Gasteiger partial charge on any atom is -0.383 e. The number of carbonyl (C=O) groups is 2. The summed E-state index contributed by atoms with van der Waals surface area (Å²) in [4.78, 5) is 23.4. The first-order valence-corrected chi connectivity index (χ1v) is 10.8. The van der Waals surface area contributed by atoms with Crippen LogP contribution in [0.25, 0.3) is 21.8 Å². The normalized spacial score (nSPS) is 11.4. The van der Waals surface area contributed by atoms with Gasteiger partial charge >= 0.3 is 0 Å². The fourth-order valence-corrected chi connectivity index (χ4v) is 3.89. The second-order valence-corrected chi connectivity index (χ2v) is 8.14. The van der Waals surface area contributed by atoms with Crippen LogP contribution < -0.4 is 5.32 Å². The highest BCUT2D eigenvalue weighted by Gasteiger charge is 2.17. The summed E-state index contributed by atoms with van der Waals surface area (Å²) in [6.45, 7) is 3.52. The zero-order valence-electron chi connectivity index (χ0n) is 16.9. The number of amides is 1. The highest BCUT2D eigenvalue weighted by Crippen LogP contribution is 2.25. The molecule has 2 N–H and O–H groups in total. The van der Waals surface area contributed by atoms with E-state index in [0.29, 0.717) is 25.4 Å². The van der Waals surface area contributed by atoms with Gasteiger partial charge in [0.25, 0.3) is 5.91 Å². The van der Waals surface area contributed by atoms with Gasteiger partial charge in [0.2, 0.25) is 0 Å². The fraction of sp³-hybridized carbons (Fsp3) is 0.500. The van der Waals surface area contributed by atoms with Crippen molar-refractivity contribution in [2.75, 3.05) is 26.0 Å². The minimum absolute atomic E-state index is 0.169. The summed E-state index contributed by atoms with van der Waals surface area (Å²) in [6, 6.07) is 3.87. The molecule has 0 spiro atoms. The van der Waals surface area contributed by atoms with Crippen LogP contribution in [0.4, 0.5) is 0 Å². The van der Waals surface area contributed by atoms with Gasteiger partial charge in [-0.2, -0.15) is 0 Å². The monoisotopic (exact) mass is 417 g/mol. The molecule has 0 fully saturated rings. The van der Waals surface area contributed by atoms with E-state index in [0.717, 1.165) is 53.2 Å². The number of methoxy groups -OCH3 is 1. The van der Waals surface area contributed by atoms with E-state index in [9.17, 15) is 9.59 Å². The number of ether oxygens (including phenoxy) is 1. The Labute approximate surface area is 173 Å². The van der Waals surface area contributed by atoms with E-state index in [1.807, 2.05) is 23.0 Å². The van der Waals surface area contributed by atoms with Gasteiger partial charge in [0.15, 0.2) is 10.8 Å². The molecule has 0 unspecified atom stereocenters. The van der Waals surface area contributed by atoms with Gasteiger partial charge < -0.3 is 15.2 Å². The Kier molecular flexibility index (Phi) is 7.65. The lowest BCUT2D eigenvalue weighted by molar-refractivity contribution is -0.109. The predicted molar refractivity (Wildman–Crippen MR) is 115 cm³/mol. The number of fused-ring (bicyclic) bond motifs is 3. The molecule has 0 bridgehead atoms. The maximum absolute atomic E-state index is 12.5. The van der Waals surface area contributed by atoms with E-state index in [-0.39, 0.29) is 11.0 Å². The average Bonchev–Trinajstić information content (AvgIpc) is 3.31. The number of rotatable bonds is 11. The molecule has 0 saturated heterocycles. The van der Waals surface area contributed by atoms with Crippen LogP contribution in [-0.4, -0.2) is 57.0 Å². The molecule has 0 radical (unpaired) electrons. The number of aromatic nitrogens is 4. The van der Waals surface area contributed by atoms with Crippen LogP contribution in [0.5, 0.6) is 0 Å². The number of nitrogens with one attached hydrogen (secondary N) is 2. The number of hydrogen-bond acceptors (Lipinski definition) is 6. The number of carbonyl (C=O) groups excluding carboxylic acids is 2. The molecule has 156 valence electrons. The van der Waals surface area contributed by atoms with Crippen LogP contribution in [0.2, 0.25) is 0 Å². The smallest absolute Gasteiger partial charge is 0.272 e. The number of H-pyrrole nitrogens is 1. The zero-order valence-corrected chi connectivity index (χ0v) is 17.7. The molecule has 8 nitrogen and oxygen atoms in total. The summed E-state index contributed by atoms with van der Waals surface area (Å²) in [7, 11) is 1.67. The van der Waals surface area contributed by atoms with Gasteiger partial charge in [-0.3, -0.25) is 14.3 Å². The van der Waals surface area contributed by atoms with Gasteiger partial charge in [0.1, 0.15) is 5.52 Å². The van der Waals surface area contributed by atoms with Crippen molar-refractivity contribution >= 4 is 44.6 Å². The molecule has 29 heavy (non-hydrogen) atoms. The number of hydrogen-bond donors (Lipinski definition) is 2. The second-order valence-electron chi connectivity index (χ2n) is 6.87. The molecule has 3 rings (SSSR count). The van der Waals surface area contributed by atoms with E-state index >= 15 is 0 Å². The van der Waals surface area contributed by atoms with Crippen molar-refractivity contribution in [3.8, 4) is 0 Å². The van der Waals surface area contributed by atoms with Crippen molar-refractivity contribution in [1.82, 2.24) is 25.3 Å². The highest BCUT2D eigenvalue weighted by molar-refractivity contribution is 8.13. The average molecular weight is 418 g/mol.